The average Bonchev–Trinajstić information content (AvgIpc) is 2.76. The molecule has 1 aromatic heterocycles. The molecule has 19 heavy (non-hydrogen) atoms. The summed E-state index contributed by atoms with van der Waals surface area (Å²) in [6.07, 6.45) is 0. The lowest BCUT2D eigenvalue weighted by Crippen LogP contribution is -2.11. The molecule has 0 saturated carbocycles. The zero-order valence-electron chi connectivity index (χ0n) is 11.7. The Kier molecular flexibility index (Phi) is 4.16. The molecule has 0 atom stereocenters. The van der Waals surface area contributed by atoms with Gasteiger partial charge in [-0.15, -0.1) is 11.3 Å². The number of halogens is 1. The highest BCUT2D eigenvalue weighted by molar-refractivity contribution is 7.09. The van der Waals surface area contributed by atoms with E-state index in [1.807, 2.05) is 19.1 Å². The van der Waals surface area contributed by atoms with E-state index >= 15 is 0 Å². The lowest BCUT2D eigenvalue weighted by Gasteiger charge is -2.14. The van der Waals surface area contributed by atoms with Gasteiger partial charge in [-0.25, -0.2) is 4.98 Å². The Morgan fingerprint density at radius 1 is 1.32 bits per heavy atom. The molecular formula is C15H19ClN2S. The molecule has 2 nitrogen and oxygen atoms in total. The minimum Gasteiger partial charge on any atom is -0.377 e. The number of rotatable bonds is 3. The fraction of sp³-hybridized carbons (Fsp3) is 0.400. The monoisotopic (exact) mass is 294 g/mol. The van der Waals surface area contributed by atoms with Crippen molar-refractivity contribution in [3.63, 3.8) is 0 Å². The van der Waals surface area contributed by atoms with Gasteiger partial charge in [-0.1, -0.05) is 38.4 Å². The van der Waals surface area contributed by atoms with Gasteiger partial charge >= 0.3 is 0 Å². The predicted molar refractivity (Wildman–Crippen MR) is 84.3 cm³/mol. The van der Waals surface area contributed by atoms with E-state index in [0.29, 0.717) is 6.54 Å². The third-order valence-corrected chi connectivity index (χ3v) is 4.04. The minimum absolute atomic E-state index is 0.107. The fourth-order valence-corrected chi connectivity index (χ4v) is 2.93. The topological polar surface area (TPSA) is 24.9 Å². The van der Waals surface area contributed by atoms with E-state index in [9.17, 15) is 0 Å². The summed E-state index contributed by atoms with van der Waals surface area (Å²) < 4.78 is 0. The lowest BCUT2D eigenvalue weighted by molar-refractivity contribution is 0.571. The van der Waals surface area contributed by atoms with Crippen LogP contribution in [0.4, 0.5) is 5.69 Å². The molecule has 0 aliphatic carbocycles. The van der Waals surface area contributed by atoms with Gasteiger partial charge in [0.2, 0.25) is 0 Å². The van der Waals surface area contributed by atoms with Gasteiger partial charge < -0.3 is 5.32 Å². The first kappa shape index (κ1) is 14.4. The molecule has 0 amide bonds. The Hall–Kier alpha value is -1.06. The van der Waals surface area contributed by atoms with Crippen LogP contribution in [0.2, 0.25) is 5.02 Å². The molecule has 0 spiro atoms. The van der Waals surface area contributed by atoms with E-state index in [1.165, 1.54) is 5.56 Å². The number of thiazole rings is 1. The van der Waals surface area contributed by atoms with Gasteiger partial charge in [-0.2, -0.15) is 0 Å². The van der Waals surface area contributed by atoms with Gasteiger partial charge in [0.25, 0.3) is 0 Å². The van der Waals surface area contributed by atoms with Crippen LogP contribution in [-0.2, 0) is 12.0 Å². The molecule has 2 rings (SSSR count). The number of benzene rings is 1. The quantitative estimate of drug-likeness (QED) is 0.860. The molecule has 1 N–H and O–H groups in total. The number of nitrogens with zero attached hydrogens (tertiary/aromatic N) is 1. The lowest BCUT2D eigenvalue weighted by atomic mass is 9.93. The van der Waals surface area contributed by atoms with E-state index in [4.69, 9.17) is 11.6 Å². The number of aryl methyl sites for hydroxylation is 1. The largest absolute Gasteiger partial charge is 0.377 e. The van der Waals surface area contributed by atoms with Crippen molar-refractivity contribution in [3.05, 3.63) is 44.9 Å². The van der Waals surface area contributed by atoms with Crippen molar-refractivity contribution in [2.45, 2.75) is 39.7 Å². The normalized spacial score (nSPS) is 11.6. The van der Waals surface area contributed by atoms with Crippen molar-refractivity contribution >= 4 is 28.6 Å². The summed E-state index contributed by atoms with van der Waals surface area (Å²) in [5, 5.41) is 7.31. The van der Waals surface area contributed by atoms with Crippen LogP contribution in [0.25, 0.3) is 0 Å². The molecule has 0 fully saturated rings. The second-order valence-electron chi connectivity index (χ2n) is 5.71. The average molecular weight is 295 g/mol. The first-order valence-electron chi connectivity index (χ1n) is 6.31. The second kappa shape index (κ2) is 5.51. The third kappa shape index (κ3) is 3.71. The Morgan fingerprint density at radius 3 is 2.63 bits per heavy atom. The van der Waals surface area contributed by atoms with Crippen LogP contribution in [-0.4, -0.2) is 4.98 Å². The SMILES string of the molecule is Cc1ccc(NCc2nc(C(C)(C)C)cs2)c(Cl)c1. The standard InChI is InChI=1S/C15H19ClN2S/c1-10-5-6-12(11(16)7-10)17-8-14-18-13(9-19-14)15(2,3)4/h5-7,9,17H,8H2,1-4H3. The second-order valence-corrected chi connectivity index (χ2v) is 7.06. The Balaban J connectivity index is 2.04. The van der Waals surface area contributed by atoms with Gasteiger partial charge in [-0.3, -0.25) is 0 Å². The molecular weight excluding hydrogens is 276 g/mol. The van der Waals surface area contributed by atoms with E-state index in [0.717, 1.165) is 21.4 Å². The number of nitrogens with one attached hydrogen (secondary N) is 1. The van der Waals surface area contributed by atoms with Crippen LogP contribution in [0.15, 0.2) is 23.6 Å². The highest BCUT2D eigenvalue weighted by Crippen LogP contribution is 2.26. The van der Waals surface area contributed by atoms with Crippen LogP contribution in [0, 0.1) is 6.92 Å². The van der Waals surface area contributed by atoms with Crippen molar-refractivity contribution in [2.24, 2.45) is 0 Å². The van der Waals surface area contributed by atoms with Crippen molar-refractivity contribution in [3.8, 4) is 0 Å². The molecule has 102 valence electrons. The molecule has 0 bridgehead atoms. The van der Waals surface area contributed by atoms with Crippen LogP contribution in [0.5, 0.6) is 0 Å². The van der Waals surface area contributed by atoms with Crippen molar-refractivity contribution in [2.75, 3.05) is 5.32 Å². The van der Waals surface area contributed by atoms with E-state index in [2.05, 4.69) is 42.5 Å². The highest BCUT2D eigenvalue weighted by Gasteiger charge is 2.17. The molecule has 0 unspecified atom stereocenters. The molecule has 1 aromatic carbocycles. The number of aromatic nitrogens is 1. The van der Waals surface area contributed by atoms with Crippen LogP contribution in [0.1, 0.15) is 37.0 Å². The van der Waals surface area contributed by atoms with Crippen LogP contribution >= 0.6 is 22.9 Å². The maximum atomic E-state index is 6.19. The Bertz CT molecular complexity index is 570. The van der Waals surface area contributed by atoms with Gasteiger partial charge in [0.05, 0.1) is 22.9 Å². The van der Waals surface area contributed by atoms with Gasteiger partial charge in [0.15, 0.2) is 0 Å². The molecule has 0 saturated heterocycles. The summed E-state index contributed by atoms with van der Waals surface area (Å²) in [5.41, 5.74) is 3.37. The van der Waals surface area contributed by atoms with E-state index in [-0.39, 0.29) is 5.41 Å². The molecule has 0 radical (unpaired) electrons. The van der Waals surface area contributed by atoms with Gasteiger partial charge in [-0.05, 0) is 24.6 Å². The molecule has 0 aliphatic heterocycles. The third-order valence-electron chi connectivity index (χ3n) is 2.87. The van der Waals surface area contributed by atoms with E-state index < -0.39 is 0 Å². The molecule has 1 heterocycles. The zero-order chi connectivity index (χ0) is 14.0. The summed E-state index contributed by atoms with van der Waals surface area (Å²) in [5.74, 6) is 0. The number of hydrogen-bond acceptors (Lipinski definition) is 3. The van der Waals surface area contributed by atoms with Crippen LogP contribution in [0.3, 0.4) is 0 Å². The summed E-state index contributed by atoms with van der Waals surface area (Å²) in [6, 6.07) is 6.03. The van der Waals surface area contributed by atoms with Crippen LogP contribution < -0.4 is 5.32 Å². The van der Waals surface area contributed by atoms with Crippen molar-refractivity contribution in [1.82, 2.24) is 4.98 Å². The first-order valence-corrected chi connectivity index (χ1v) is 7.57. The summed E-state index contributed by atoms with van der Waals surface area (Å²) in [4.78, 5) is 4.66. The summed E-state index contributed by atoms with van der Waals surface area (Å²) in [6.45, 7) is 9.28. The fourth-order valence-electron chi connectivity index (χ4n) is 1.67. The van der Waals surface area contributed by atoms with Crippen molar-refractivity contribution < 1.29 is 0 Å². The Labute approximate surface area is 123 Å². The van der Waals surface area contributed by atoms with Crippen molar-refractivity contribution in [1.29, 1.82) is 0 Å². The maximum absolute atomic E-state index is 6.19. The molecule has 2 aromatic rings. The smallest absolute Gasteiger partial charge is 0.112 e. The van der Waals surface area contributed by atoms with Gasteiger partial charge in [0, 0.05) is 10.8 Å². The minimum atomic E-state index is 0.107. The predicted octanol–water partition coefficient (Wildman–Crippen LogP) is 5.01. The number of hydrogen-bond donors (Lipinski definition) is 1. The number of anilines is 1. The zero-order valence-corrected chi connectivity index (χ0v) is 13.3. The maximum Gasteiger partial charge on any atom is 0.112 e. The highest BCUT2D eigenvalue weighted by atomic mass is 35.5. The Morgan fingerprint density at radius 2 is 2.05 bits per heavy atom. The van der Waals surface area contributed by atoms with E-state index in [1.54, 1.807) is 11.3 Å². The summed E-state index contributed by atoms with van der Waals surface area (Å²) >= 11 is 7.88. The molecule has 4 heteroatoms. The first-order chi connectivity index (χ1) is 8.86. The molecule has 0 aliphatic rings. The summed E-state index contributed by atoms with van der Waals surface area (Å²) in [7, 11) is 0. The van der Waals surface area contributed by atoms with Gasteiger partial charge in [0.1, 0.15) is 5.01 Å².